The van der Waals surface area contributed by atoms with Crippen molar-refractivity contribution in [3.8, 4) is 5.75 Å². The van der Waals surface area contributed by atoms with Crippen molar-refractivity contribution in [3.63, 3.8) is 0 Å². The Kier molecular flexibility index (Phi) is 3.86. The van der Waals surface area contributed by atoms with Crippen molar-refractivity contribution < 1.29 is 14.6 Å². The van der Waals surface area contributed by atoms with Gasteiger partial charge in [0, 0.05) is 5.56 Å². The molecule has 0 fully saturated rings. The van der Waals surface area contributed by atoms with E-state index in [4.69, 9.17) is 10.8 Å². The largest absolute Gasteiger partial charge is 0.507 e. The van der Waals surface area contributed by atoms with E-state index >= 15 is 0 Å². The summed E-state index contributed by atoms with van der Waals surface area (Å²) >= 11 is 2.88. The molecule has 0 bridgehead atoms. The van der Waals surface area contributed by atoms with Crippen molar-refractivity contribution in [1.82, 2.24) is 0 Å². The molecule has 1 unspecified atom stereocenters. The van der Waals surface area contributed by atoms with Crippen LogP contribution in [0.4, 0.5) is 4.39 Å². The second-order valence-electron chi connectivity index (χ2n) is 2.90. The van der Waals surface area contributed by atoms with E-state index in [1.54, 1.807) is 0 Å². The number of halogens is 2. The van der Waals surface area contributed by atoms with Crippen LogP contribution in [-0.2, 0) is 0 Å². The summed E-state index contributed by atoms with van der Waals surface area (Å²) in [6, 6.07) is 2.66. The fraction of sp³-hybridized carbons (Fsp3) is 0.333. The molecule has 14 heavy (non-hydrogen) atoms. The standard InChI is InChI=1S/C9H11BrFNO2/c10-8-7(14)2-1-5(9(8)11)6(13)3-4-12/h1-2,6,13-14H,3-4,12H2. The van der Waals surface area contributed by atoms with Gasteiger partial charge in [-0.25, -0.2) is 4.39 Å². The lowest BCUT2D eigenvalue weighted by atomic mass is 10.1. The first-order valence-electron chi connectivity index (χ1n) is 4.13. The quantitative estimate of drug-likeness (QED) is 0.778. The third kappa shape index (κ3) is 2.23. The highest BCUT2D eigenvalue weighted by molar-refractivity contribution is 9.10. The van der Waals surface area contributed by atoms with Crippen molar-refractivity contribution in [1.29, 1.82) is 0 Å². The third-order valence-electron chi connectivity index (χ3n) is 1.89. The Morgan fingerprint density at radius 1 is 1.50 bits per heavy atom. The Labute approximate surface area is 89.5 Å². The minimum atomic E-state index is -0.933. The number of aromatic hydroxyl groups is 1. The lowest BCUT2D eigenvalue weighted by Crippen LogP contribution is -2.08. The number of benzene rings is 1. The average Bonchev–Trinajstić information content (AvgIpc) is 2.15. The maximum Gasteiger partial charge on any atom is 0.146 e. The second-order valence-corrected chi connectivity index (χ2v) is 3.69. The van der Waals surface area contributed by atoms with Crippen LogP contribution >= 0.6 is 15.9 Å². The molecular weight excluding hydrogens is 253 g/mol. The first kappa shape index (κ1) is 11.4. The van der Waals surface area contributed by atoms with Gasteiger partial charge in [-0.15, -0.1) is 0 Å². The van der Waals surface area contributed by atoms with Crippen LogP contribution in [0.5, 0.6) is 5.75 Å². The SMILES string of the molecule is NCCC(O)c1ccc(O)c(Br)c1F. The highest BCUT2D eigenvalue weighted by Crippen LogP contribution is 2.32. The maximum absolute atomic E-state index is 13.4. The lowest BCUT2D eigenvalue weighted by Gasteiger charge is -2.11. The zero-order chi connectivity index (χ0) is 10.7. The van der Waals surface area contributed by atoms with Gasteiger partial charge in [0.25, 0.3) is 0 Å². The summed E-state index contributed by atoms with van der Waals surface area (Å²) in [5.74, 6) is -0.836. The predicted molar refractivity (Wildman–Crippen MR) is 54.4 cm³/mol. The minimum absolute atomic E-state index is 0.0360. The van der Waals surface area contributed by atoms with E-state index in [2.05, 4.69) is 15.9 Å². The van der Waals surface area contributed by atoms with Crippen LogP contribution < -0.4 is 5.73 Å². The molecule has 0 aliphatic carbocycles. The Balaban J connectivity index is 3.04. The van der Waals surface area contributed by atoms with Crippen LogP contribution in [0.1, 0.15) is 18.1 Å². The molecule has 78 valence electrons. The van der Waals surface area contributed by atoms with Gasteiger partial charge >= 0.3 is 0 Å². The third-order valence-corrected chi connectivity index (χ3v) is 2.65. The number of phenolic OH excluding ortho intramolecular Hbond substituents is 1. The second kappa shape index (κ2) is 4.72. The van der Waals surface area contributed by atoms with E-state index in [-0.39, 0.29) is 28.8 Å². The molecule has 5 heteroatoms. The highest BCUT2D eigenvalue weighted by Gasteiger charge is 2.16. The molecule has 1 aromatic rings. The summed E-state index contributed by atoms with van der Waals surface area (Å²) < 4.78 is 13.4. The summed E-state index contributed by atoms with van der Waals surface area (Å²) in [6.45, 7) is 0.277. The molecule has 4 N–H and O–H groups in total. The number of aliphatic hydroxyl groups excluding tert-OH is 1. The van der Waals surface area contributed by atoms with Gasteiger partial charge in [-0.05, 0) is 41.0 Å². The molecule has 0 saturated heterocycles. The molecule has 0 aliphatic heterocycles. The van der Waals surface area contributed by atoms with Crippen LogP contribution in [0.3, 0.4) is 0 Å². The normalized spacial score (nSPS) is 12.9. The van der Waals surface area contributed by atoms with Crippen LogP contribution in [-0.4, -0.2) is 16.8 Å². The van der Waals surface area contributed by atoms with Crippen molar-refractivity contribution in [3.05, 3.63) is 28.0 Å². The molecule has 3 nitrogen and oxygen atoms in total. The molecule has 0 spiro atoms. The molecule has 1 rings (SSSR count). The van der Waals surface area contributed by atoms with Gasteiger partial charge in [0.05, 0.1) is 10.6 Å². The first-order valence-corrected chi connectivity index (χ1v) is 4.92. The molecule has 0 saturated carbocycles. The molecule has 0 aromatic heterocycles. The number of phenols is 1. The van der Waals surface area contributed by atoms with E-state index in [1.165, 1.54) is 12.1 Å². The van der Waals surface area contributed by atoms with E-state index in [9.17, 15) is 9.50 Å². The zero-order valence-electron chi connectivity index (χ0n) is 7.37. The number of hydrogen-bond acceptors (Lipinski definition) is 3. The molecule has 0 heterocycles. The summed E-state index contributed by atoms with van der Waals surface area (Å²) in [6.07, 6.45) is -0.648. The van der Waals surface area contributed by atoms with E-state index in [0.29, 0.717) is 0 Å². The predicted octanol–water partition coefficient (Wildman–Crippen LogP) is 1.68. The van der Waals surface area contributed by atoms with Gasteiger partial charge in [0.15, 0.2) is 0 Å². The van der Waals surface area contributed by atoms with Crippen LogP contribution in [0.2, 0.25) is 0 Å². The topological polar surface area (TPSA) is 66.5 Å². The fourth-order valence-corrected chi connectivity index (χ4v) is 1.49. The zero-order valence-corrected chi connectivity index (χ0v) is 8.96. The Hall–Kier alpha value is -0.650. The average molecular weight is 264 g/mol. The molecular formula is C9H11BrFNO2. The van der Waals surface area contributed by atoms with Crippen LogP contribution in [0, 0.1) is 5.82 Å². The minimum Gasteiger partial charge on any atom is -0.507 e. The van der Waals surface area contributed by atoms with Crippen molar-refractivity contribution in [2.24, 2.45) is 5.73 Å². The monoisotopic (exact) mass is 263 g/mol. The Morgan fingerprint density at radius 3 is 2.71 bits per heavy atom. The van der Waals surface area contributed by atoms with Gasteiger partial charge in [-0.1, -0.05) is 0 Å². The molecule has 0 aliphatic rings. The smallest absolute Gasteiger partial charge is 0.146 e. The molecule has 0 amide bonds. The number of rotatable bonds is 3. The van der Waals surface area contributed by atoms with Crippen molar-refractivity contribution >= 4 is 15.9 Å². The Bertz CT molecular complexity index is 333. The number of hydrogen-bond donors (Lipinski definition) is 3. The number of aliphatic hydroxyl groups is 1. The van der Waals surface area contributed by atoms with Gasteiger partial charge in [-0.3, -0.25) is 0 Å². The summed E-state index contributed by atoms with van der Waals surface area (Å²) in [5, 5.41) is 18.6. The van der Waals surface area contributed by atoms with Gasteiger partial charge < -0.3 is 15.9 Å². The summed E-state index contributed by atoms with van der Waals surface area (Å²) in [5.41, 5.74) is 5.38. The molecule has 1 aromatic carbocycles. The van der Waals surface area contributed by atoms with Gasteiger partial charge in [-0.2, -0.15) is 0 Å². The summed E-state index contributed by atoms with van der Waals surface area (Å²) in [7, 11) is 0. The molecule has 1 atom stereocenters. The van der Waals surface area contributed by atoms with Crippen LogP contribution in [0.15, 0.2) is 16.6 Å². The molecule has 0 radical (unpaired) electrons. The van der Waals surface area contributed by atoms with E-state index in [0.717, 1.165) is 0 Å². The Morgan fingerprint density at radius 2 is 2.14 bits per heavy atom. The van der Waals surface area contributed by atoms with E-state index < -0.39 is 11.9 Å². The fourth-order valence-electron chi connectivity index (χ4n) is 1.12. The number of nitrogens with two attached hydrogens (primary N) is 1. The van der Waals surface area contributed by atoms with Gasteiger partial charge in [0.2, 0.25) is 0 Å². The van der Waals surface area contributed by atoms with E-state index in [1.807, 2.05) is 0 Å². The van der Waals surface area contributed by atoms with Crippen molar-refractivity contribution in [2.45, 2.75) is 12.5 Å². The maximum atomic E-state index is 13.4. The lowest BCUT2D eigenvalue weighted by molar-refractivity contribution is 0.165. The first-order chi connectivity index (χ1) is 6.57. The van der Waals surface area contributed by atoms with Gasteiger partial charge in [0.1, 0.15) is 11.6 Å². The van der Waals surface area contributed by atoms with Crippen LogP contribution in [0.25, 0.3) is 0 Å². The van der Waals surface area contributed by atoms with Crippen molar-refractivity contribution in [2.75, 3.05) is 6.54 Å². The highest BCUT2D eigenvalue weighted by atomic mass is 79.9. The summed E-state index contributed by atoms with van der Waals surface area (Å²) in [4.78, 5) is 0.